The van der Waals surface area contributed by atoms with E-state index in [2.05, 4.69) is 5.32 Å². The van der Waals surface area contributed by atoms with Gasteiger partial charge in [-0.1, -0.05) is 24.8 Å². The molecule has 0 aromatic carbocycles. The van der Waals surface area contributed by atoms with Gasteiger partial charge in [0.15, 0.2) is 0 Å². The predicted octanol–water partition coefficient (Wildman–Crippen LogP) is 2.10. The maximum Gasteiger partial charge on any atom is 0.311 e. The summed E-state index contributed by atoms with van der Waals surface area (Å²) in [6.45, 7) is 3.92. The van der Waals surface area contributed by atoms with Gasteiger partial charge in [-0.3, -0.25) is 9.59 Å². The van der Waals surface area contributed by atoms with E-state index in [1.54, 1.807) is 0 Å². The van der Waals surface area contributed by atoms with Gasteiger partial charge >= 0.3 is 5.97 Å². The third-order valence-corrected chi connectivity index (χ3v) is 3.29. The number of carboxylic acid groups (broad SMARTS) is 1. The van der Waals surface area contributed by atoms with Gasteiger partial charge < -0.3 is 10.4 Å². The zero-order valence-electron chi connectivity index (χ0n) is 10.6. The van der Waals surface area contributed by atoms with E-state index in [4.69, 9.17) is 0 Å². The summed E-state index contributed by atoms with van der Waals surface area (Å²) in [6.07, 6.45) is 5.79. The van der Waals surface area contributed by atoms with Crippen LogP contribution in [0.4, 0.5) is 0 Å². The Bertz CT molecular complexity index is 324. The lowest BCUT2D eigenvalue weighted by atomic mass is 9.74. The molecule has 1 rings (SSSR count). The van der Waals surface area contributed by atoms with Gasteiger partial charge in [-0.05, 0) is 26.7 Å². The molecule has 96 valence electrons. The number of aliphatic carboxylic acids is 1. The molecule has 0 aromatic rings. The first-order valence-electron chi connectivity index (χ1n) is 6.12. The zero-order chi connectivity index (χ0) is 12.9. The monoisotopic (exact) mass is 239 g/mol. The van der Waals surface area contributed by atoms with Crippen molar-refractivity contribution in [3.63, 3.8) is 0 Å². The molecular formula is C13H21NO3. The first kappa shape index (κ1) is 13.7. The molecule has 1 saturated carbocycles. The van der Waals surface area contributed by atoms with Gasteiger partial charge in [0, 0.05) is 12.6 Å². The molecule has 4 heteroatoms. The number of nitrogens with one attached hydrogen (secondary N) is 1. The van der Waals surface area contributed by atoms with Crippen molar-refractivity contribution in [1.29, 1.82) is 0 Å². The van der Waals surface area contributed by atoms with Crippen LogP contribution in [0.1, 0.15) is 46.0 Å². The average Bonchev–Trinajstić information content (AvgIpc) is 2.26. The highest BCUT2D eigenvalue weighted by atomic mass is 16.4. The van der Waals surface area contributed by atoms with Crippen LogP contribution >= 0.6 is 0 Å². The van der Waals surface area contributed by atoms with E-state index in [1.165, 1.54) is 6.08 Å². The summed E-state index contributed by atoms with van der Waals surface area (Å²) in [4.78, 5) is 22.8. The lowest BCUT2D eigenvalue weighted by Crippen LogP contribution is -2.44. The number of allylic oxidation sites excluding steroid dienone is 1. The molecule has 17 heavy (non-hydrogen) atoms. The largest absolute Gasteiger partial charge is 0.481 e. The normalized spacial score (nSPS) is 18.2. The summed E-state index contributed by atoms with van der Waals surface area (Å²) in [5.41, 5.74) is 0.166. The Kier molecular flexibility index (Phi) is 4.73. The quantitative estimate of drug-likeness (QED) is 0.738. The molecular weight excluding hydrogens is 218 g/mol. The fourth-order valence-electron chi connectivity index (χ4n) is 2.26. The van der Waals surface area contributed by atoms with Crippen LogP contribution in [0.25, 0.3) is 0 Å². The zero-order valence-corrected chi connectivity index (χ0v) is 10.6. The Morgan fingerprint density at radius 2 is 1.82 bits per heavy atom. The Morgan fingerprint density at radius 1 is 1.24 bits per heavy atom. The van der Waals surface area contributed by atoms with E-state index >= 15 is 0 Å². The molecule has 1 fully saturated rings. The molecule has 0 aromatic heterocycles. The van der Waals surface area contributed by atoms with Crippen LogP contribution in [0.15, 0.2) is 11.6 Å². The number of hydrogen-bond acceptors (Lipinski definition) is 2. The summed E-state index contributed by atoms with van der Waals surface area (Å²) in [6, 6.07) is 0. The molecule has 0 bridgehead atoms. The Morgan fingerprint density at radius 3 is 2.29 bits per heavy atom. The minimum Gasteiger partial charge on any atom is -0.481 e. The fraction of sp³-hybridized carbons (Fsp3) is 0.692. The summed E-state index contributed by atoms with van der Waals surface area (Å²) >= 11 is 0. The van der Waals surface area contributed by atoms with Crippen molar-refractivity contribution in [1.82, 2.24) is 5.32 Å². The van der Waals surface area contributed by atoms with Crippen LogP contribution < -0.4 is 5.32 Å². The van der Waals surface area contributed by atoms with Gasteiger partial charge in [-0.2, -0.15) is 0 Å². The molecule has 0 heterocycles. The number of carboxylic acids is 1. The summed E-state index contributed by atoms with van der Waals surface area (Å²) in [5, 5.41) is 12.0. The summed E-state index contributed by atoms with van der Waals surface area (Å²) in [5.74, 6) is -0.981. The van der Waals surface area contributed by atoms with Crippen LogP contribution in [0, 0.1) is 5.41 Å². The van der Waals surface area contributed by atoms with Crippen LogP contribution in [0.5, 0.6) is 0 Å². The Hall–Kier alpha value is -1.32. The van der Waals surface area contributed by atoms with Gasteiger partial charge in [0.1, 0.15) is 0 Å². The molecule has 0 radical (unpaired) electrons. The maximum absolute atomic E-state index is 11.5. The smallest absolute Gasteiger partial charge is 0.311 e. The van der Waals surface area contributed by atoms with E-state index in [9.17, 15) is 14.7 Å². The second-order valence-corrected chi connectivity index (χ2v) is 5.09. The van der Waals surface area contributed by atoms with Crippen LogP contribution in [0.2, 0.25) is 0 Å². The van der Waals surface area contributed by atoms with Gasteiger partial charge in [-0.25, -0.2) is 0 Å². The molecule has 1 aliphatic carbocycles. The average molecular weight is 239 g/mol. The Balaban J connectivity index is 2.59. The van der Waals surface area contributed by atoms with Crippen molar-refractivity contribution < 1.29 is 14.7 Å². The topological polar surface area (TPSA) is 66.4 Å². The van der Waals surface area contributed by atoms with Crippen molar-refractivity contribution in [2.45, 2.75) is 46.0 Å². The second kappa shape index (κ2) is 5.84. The van der Waals surface area contributed by atoms with E-state index < -0.39 is 11.4 Å². The minimum atomic E-state index is -0.783. The highest BCUT2D eigenvalue weighted by molar-refractivity contribution is 5.88. The molecule has 0 saturated heterocycles. The van der Waals surface area contributed by atoms with Crippen molar-refractivity contribution in [3.05, 3.63) is 11.6 Å². The molecule has 0 atom stereocenters. The van der Waals surface area contributed by atoms with E-state index in [1.807, 2.05) is 13.8 Å². The molecule has 0 aliphatic heterocycles. The minimum absolute atomic E-state index is 0.198. The third kappa shape index (κ3) is 3.88. The van der Waals surface area contributed by atoms with Crippen LogP contribution in [-0.4, -0.2) is 23.5 Å². The SMILES string of the molecule is CC(C)=CC(=O)NCC1(C(=O)O)CCCCC1. The second-order valence-electron chi connectivity index (χ2n) is 5.09. The Labute approximate surface area is 102 Å². The highest BCUT2D eigenvalue weighted by Gasteiger charge is 2.39. The number of carbonyl (C=O) groups is 2. The predicted molar refractivity (Wildman–Crippen MR) is 65.6 cm³/mol. The molecule has 2 N–H and O–H groups in total. The molecule has 1 amide bonds. The molecule has 1 aliphatic rings. The molecule has 4 nitrogen and oxygen atoms in total. The van der Waals surface area contributed by atoms with Gasteiger partial charge in [0.05, 0.1) is 5.41 Å². The van der Waals surface area contributed by atoms with Gasteiger partial charge in [-0.15, -0.1) is 0 Å². The van der Waals surface area contributed by atoms with E-state index in [0.29, 0.717) is 12.8 Å². The fourth-order valence-corrected chi connectivity index (χ4v) is 2.26. The van der Waals surface area contributed by atoms with Gasteiger partial charge in [0.25, 0.3) is 0 Å². The van der Waals surface area contributed by atoms with Crippen molar-refractivity contribution >= 4 is 11.9 Å². The standard InChI is InChI=1S/C13H21NO3/c1-10(2)8-11(15)14-9-13(12(16)17)6-4-3-5-7-13/h8H,3-7,9H2,1-2H3,(H,14,15)(H,16,17). The molecule has 0 spiro atoms. The lowest BCUT2D eigenvalue weighted by Gasteiger charge is -2.33. The van der Waals surface area contributed by atoms with Crippen molar-refractivity contribution in [3.8, 4) is 0 Å². The lowest BCUT2D eigenvalue weighted by molar-refractivity contribution is -0.150. The first-order chi connectivity index (χ1) is 7.96. The van der Waals surface area contributed by atoms with Crippen LogP contribution in [-0.2, 0) is 9.59 Å². The van der Waals surface area contributed by atoms with Crippen molar-refractivity contribution in [2.24, 2.45) is 5.41 Å². The summed E-state index contributed by atoms with van der Waals surface area (Å²) < 4.78 is 0. The highest BCUT2D eigenvalue weighted by Crippen LogP contribution is 2.35. The van der Waals surface area contributed by atoms with E-state index in [0.717, 1.165) is 24.8 Å². The van der Waals surface area contributed by atoms with Crippen LogP contribution in [0.3, 0.4) is 0 Å². The number of carbonyl (C=O) groups excluding carboxylic acids is 1. The first-order valence-corrected chi connectivity index (χ1v) is 6.12. The maximum atomic E-state index is 11.5. The van der Waals surface area contributed by atoms with E-state index in [-0.39, 0.29) is 12.5 Å². The summed E-state index contributed by atoms with van der Waals surface area (Å²) in [7, 11) is 0. The number of rotatable bonds is 4. The third-order valence-electron chi connectivity index (χ3n) is 3.29. The van der Waals surface area contributed by atoms with Crippen molar-refractivity contribution in [2.75, 3.05) is 6.54 Å². The van der Waals surface area contributed by atoms with Gasteiger partial charge in [0.2, 0.25) is 5.91 Å². The number of amides is 1. The number of hydrogen-bond donors (Lipinski definition) is 2. The molecule has 0 unspecified atom stereocenters.